The second kappa shape index (κ2) is 11.7. The van der Waals surface area contributed by atoms with Crippen LogP contribution >= 0.6 is 0 Å². The molecule has 2 atom stereocenters. The van der Waals surface area contributed by atoms with E-state index in [1.165, 1.54) is 0 Å². The first kappa shape index (κ1) is 28.4. The minimum atomic E-state index is -1.05. The van der Waals surface area contributed by atoms with Crippen LogP contribution in [0.3, 0.4) is 0 Å². The lowest BCUT2D eigenvalue weighted by atomic mass is 9.94. The Morgan fingerprint density at radius 3 is 2.33 bits per heavy atom. The predicted octanol–water partition coefficient (Wildman–Crippen LogP) is 4.28. The standard InChI is InChI=1S/C30H38N2O7/c1-30(2,3)18-32-23-11-10-20(37-4)16-22(23)27(21-8-6-7-9-24(21)38-5)39-25(28(32)34)17-26(33)31-14-12-19(13-15-31)29(35)36/h6-11,16,19,25,27H,12-15,17-18H2,1-5H3,(H,35,36). The van der Waals surface area contributed by atoms with Gasteiger partial charge in [0, 0.05) is 30.8 Å². The molecule has 0 spiro atoms. The Morgan fingerprint density at radius 1 is 1.03 bits per heavy atom. The number of carboxylic acid groups (broad SMARTS) is 1. The maximum atomic E-state index is 14.1. The topological polar surface area (TPSA) is 106 Å². The molecule has 1 fully saturated rings. The minimum Gasteiger partial charge on any atom is -0.497 e. The van der Waals surface area contributed by atoms with E-state index in [9.17, 15) is 19.5 Å². The van der Waals surface area contributed by atoms with E-state index < -0.39 is 24.1 Å². The van der Waals surface area contributed by atoms with E-state index in [1.54, 1.807) is 24.0 Å². The lowest BCUT2D eigenvalue weighted by Crippen LogP contribution is -2.47. The molecule has 1 saturated heterocycles. The second-order valence-corrected chi connectivity index (χ2v) is 11.4. The zero-order chi connectivity index (χ0) is 28.3. The smallest absolute Gasteiger partial charge is 0.306 e. The van der Waals surface area contributed by atoms with Gasteiger partial charge >= 0.3 is 5.97 Å². The highest BCUT2D eigenvalue weighted by Crippen LogP contribution is 2.43. The Kier molecular flexibility index (Phi) is 8.49. The lowest BCUT2D eigenvalue weighted by molar-refractivity contribution is -0.148. The van der Waals surface area contributed by atoms with Gasteiger partial charge in [-0.05, 0) is 42.5 Å². The van der Waals surface area contributed by atoms with E-state index in [-0.39, 0.29) is 23.7 Å². The molecule has 39 heavy (non-hydrogen) atoms. The van der Waals surface area contributed by atoms with Gasteiger partial charge in [-0.25, -0.2) is 0 Å². The number of rotatable bonds is 7. The quantitative estimate of drug-likeness (QED) is 0.561. The molecule has 210 valence electrons. The normalized spacial score (nSPS) is 20.3. The number of carbonyl (C=O) groups excluding carboxylic acids is 2. The van der Waals surface area contributed by atoms with Crippen molar-refractivity contribution in [2.75, 3.05) is 38.8 Å². The summed E-state index contributed by atoms with van der Waals surface area (Å²) in [6, 6.07) is 13.0. The Hall–Kier alpha value is -3.59. The first-order valence-electron chi connectivity index (χ1n) is 13.3. The van der Waals surface area contributed by atoms with Gasteiger partial charge in [0.25, 0.3) is 5.91 Å². The van der Waals surface area contributed by atoms with Gasteiger partial charge in [0.15, 0.2) is 0 Å². The van der Waals surface area contributed by atoms with Crippen LogP contribution in [0.4, 0.5) is 5.69 Å². The van der Waals surface area contributed by atoms with Gasteiger partial charge in [-0.3, -0.25) is 14.4 Å². The molecule has 2 aromatic carbocycles. The van der Waals surface area contributed by atoms with Crippen molar-refractivity contribution in [3.05, 3.63) is 53.6 Å². The molecular formula is C30H38N2O7. The summed E-state index contributed by atoms with van der Waals surface area (Å²) >= 11 is 0. The molecule has 0 bridgehead atoms. The Bertz CT molecular complexity index is 1210. The van der Waals surface area contributed by atoms with Crippen LogP contribution in [0.1, 0.15) is 57.3 Å². The molecule has 9 nitrogen and oxygen atoms in total. The molecule has 2 heterocycles. The molecule has 2 amide bonds. The minimum absolute atomic E-state index is 0.145. The third-order valence-corrected chi connectivity index (χ3v) is 7.26. The third-order valence-electron chi connectivity index (χ3n) is 7.26. The van der Waals surface area contributed by atoms with Gasteiger partial charge in [0.1, 0.15) is 23.7 Å². The number of anilines is 1. The number of aliphatic carboxylic acids is 1. The molecule has 0 aliphatic carbocycles. The maximum Gasteiger partial charge on any atom is 0.306 e. The van der Waals surface area contributed by atoms with E-state index in [0.717, 1.165) is 11.1 Å². The second-order valence-electron chi connectivity index (χ2n) is 11.4. The van der Waals surface area contributed by atoms with Crippen LogP contribution in [0.25, 0.3) is 0 Å². The number of hydrogen-bond acceptors (Lipinski definition) is 6. The van der Waals surface area contributed by atoms with Crippen molar-refractivity contribution in [3.8, 4) is 11.5 Å². The highest BCUT2D eigenvalue weighted by molar-refractivity contribution is 6.00. The van der Waals surface area contributed by atoms with Crippen molar-refractivity contribution >= 4 is 23.5 Å². The molecule has 2 unspecified atom stereocenters. The number of ether oxygens (including phenoxy) is 3. The molecule has 0 radical (unpaired) electrons. The molecule has 9 heteroatoms. The maximum absolute atomic E-state index is 14.1. The number of para-hydroxylation sites is 1. The molecule has 2 aromatic rings. The predicted molar refractivity (Wildman–Crippen MR) is 146 cm³/mol. The van der Waals surface area contributed by atoms with Gasteiger partial charge in [0.2, 0.25) is 5.91 Å². The van der Waals surface area contributed by atoms with Crippen molar-refractivity contribution in [2.45, 2.75) is 52.2 Å². The van der Waals surface area contributed by atoms with Gasteiger partial charge < -0.3 is 29.1 Å². The van der Waals surface area contributed by atoms with Gasteiger partial charge in [-0.15, -0.1) is 0 Å². The number of nitrogens with zero attached hydrogens (tertiary/aromatic N) is 2. The number of piperidine rings is 1. The monoisotopic (exact) mass is 538 g/mol. The summed E-state index contributed by atoms with van der Waals surface area (Å²) in [5.74, 6) is -0.579. The van der Waals surface area contributed by atoms with Crippen LogP contribution in [0.15, 0.2) is 42.5 Å². The molecule has 4 rings (SSSR count). The summed E-state index contributed by atoms with van der Waals surface area (Å²) in [7, 11) is 3.17. The molecule has 1 N–H and O–H groups in total. The number of fused-ring (bicyclic) bond motifs is 1. The summed E-state index contributed by atoms with van der Waals surface area (Å²) in [5.41, 5.74) is 1.95. The number of hydrogen-bond donors (Lipinski definition) is 1. The summed E-state index contributed by atoms with van der Waals surface area (Å²) in [5, 5.41) is 9.32. The van der Waals surface area contributed by atoms with Crippen molar-refractivity contribution in [1.82, 2.24) is 4.90 Å². The van der Waals surface area contributed by atoms with Crippen LogP contribution in [0.5, 0.6) is 11.5 Å². The highest BCUT2D eigenvalue weighted by Gasteiger charge is 2.41. The van der Waals surface area contributed by atoms with Crippen molar-refractivity contribution in [2.24, 2.45) is 11.3 Å². The van der Waals surface area contributed by atoms with Crippen LogP contribution in [-0.2, 0) is 19.1 Å². The van der Waals surface area contributed by atoms with Crippen molar-refractivity contribution in [3.63, 3.8) is 0 Å². The van der Waals surface area contributed by atoms with Crippen LogP contribution in [0, 0.1) is 11.3 Å². The van der Waals surface area contributed by atoms with Crippen molar-refractivity contribution < 1.29 is 33.7 Å². The summed E-state index contributed by atoms with van der Waals surface area (Å²) in [6.45, 7) is 7.27. The van der Waals surface area contributed by atoms with E-state index >= 15 is 0 Å². The number of methoxy groups -OCH3 is 2. The van der Waals surface area contributed by atoms with Crippen LogP contribution in [0.2, 0.25) is 0 Å². The summed E-state index contributed by atoms with van der Waals surface area (Å²) < 4.78 is 17.8. The molecule has 0 saturated carbocycles. The fraction of sp³-hybridized carbons (Fsp3) is 0.500. The van der Waals surface area contributed by atoms with E-state index in [1.807, 2.05) is 42.5 Å². The summed E-state index contributed by atoms with van der Waals surface area (Å²) in [6.07, 6.45) is -1.10. The summed E-state index contributed by atoms with van der Waals surface area (Å²) in [4.78, 5) is 42.3. The number of carboxylic acids is 1. The average Bonchev–Trinajstić information content (AvgIpc) is 3.02. The Labute approximate surface area is 229 Å². The third kappa shape index (κ3) is 6.36. The average molecular weight is 539 g/mol. The first-order valence-corrected chi connectivity index (χ1v) is 13.3. The molecule has 0 aromatic heterocycles. The zero-order valence-electron chi connectivity index (χ0n) is 23.3. The van der Waals surface area contributed by atoms with Gasteiger partial charge in [0.05, 0.1) is 32.2 Å². The zero-order valence-corrected chi connectivity index (χ0v) is 23.3. The molecule has 2 aliphatic rings. The largest absolute Gasteiger partial charge is 0.497 e. The number of carbonyl (C=O) groups is 3. The number of benzene rings is 2. The number of amides is 2. The Balaban J connectivity index is 1.75. The fourth-order valence-corrected chi connectivity index (χ4v) is 5.26. The van der Waals surface area contributed by atoms with Crippen LogP contribution in [-0.4, -0.2) is 67.7 Å². The SMILES string of the molecule is COc1ccc2c(c1)C(c1ccccc1OC)OC(CC(=O)N1CCC(C(=O)O)CC1)C(=O)N2CC(C)(C)C. The fourth-order valence-electron chi connectivity index (χ4n) is 5.26. The molecule has 2 aliphatic heterocycles. The Morgan fingerprint density at radius 2 is 1.72 bits per heavy atom. The molecular weight excluding hydrogens is 500 g/mol. The highest BCUT2D eigenvalue weighted by atomic mass is 16.5. The van der Waals surface area contributed by atoms with E-state index in [2.05, 4.69) is 20.8 Å². The number of likely N-dealkylation sites (tertiary alicyclic amines) is 1. The van der Waals surface area contributed by atoms with E-state index in [4.69, 9.17) is 14.2 Å². The van der Waals surface area contributed by atoms with Crippen LogP contribution < -0.4 is 14.4 Å². The van der Waals surface area contributed by atoms with Gasteiger partial charge in [-0.1, -0.05) is 39.0 Å². The van der Waals surface area contributed by atoms with E-state index in [0.29, 0.717) is 49.7 Å². The first-order chi connectivity index (χ1) is 18.5. The van der Waals surface area contributed by atoms with Crippen molar-refractivity contribution in [1.29, 1.82) is 0 Å². The lowest BCUT2D eigenvalue weighted by Gasteiger charge is -2.33. The van der Waals surface area contributed by atoms with Gasteiger partial charge in [-0.2, -0.15) is 0 Å².